The van der Waals surface area contributed by atoms with Gasteiger partial charge in [0.2, 0.25) is 5.91 Å². The third-order valence-electron chi connectivity index (χ3n) is 4.19. The van der Waals surface area contributed by atoms with Gasteiger partial charge in [0.15, 0.2) is 0 Å². The largest absolute Gasteiger partial charge is 0.481 e. The van der Waals surface area contributed by atoms with E-state index in [1.807, 2.05) is 33.8 Å². The van der Waals surface area contributed by atoms with E-state index >= 15 is 0 Å². The Bertz CT molecular complexity index is 505. The quantitative estimate of drug-likeness (QED) is 0.876. The fourth-order valence-electron chi connectivity index (χ4n) is 1.92. The third-order valence-corrected chi connectivity index (χ3v) is 4.19. The second-order valence-electron chi connectivity index (χ2n) is 6.81. The van der Waals surface area contributed by atoms with Gasteiger partial charge in [0.05, 0.1) is 0 Å². The molecule has 0 spiro atoms. The molecule has 4 nitrogen and oxygen atoms in total. The fraction of sp³-hybridized carbons (Fsp3) is 0.529. The van der Waals surface area contributed by atoms with E-state index < -0.39 is 11.4 Å². The molecule has 0 fully saturated rings. The number of carbonyl (C=O) groups excluding carboxylic acids is 1. The molecule has 116 valence electrons. The molecular weight excluding hydrogens is 266 g/mol. The molecule has 2 N–H and O–H groups in total. The first kappa shape index (κ1) is 17.2. The Hall–Kier alpha value is -1.84. The first-order valence-electron chi connectivity index (χ1n) is 7.15. The third kappa shape index (κ3) is 4.06. The molecule has 1 aromatic carbocycles. The predicted octanol–water partition coefficient (Wildman–Crippen LogP) is 2.83. The predicted molar refractivity (Wildman–Crippen MR) is 83.1 cm³/mol. The fourth-order valence-corrected chi connectivity index (χ4v) is 1.92. The zero-order chi connectivity index (χ0) is 16.3. The van der Waals surface area contributed by atoms with Crippen LogP contribution in [0.3, 0.4) is 0 Å². The smallest absolute Gasteiger partial charge is 0.315 e. The lowest BCUT2D eigenvalue weighted by atomic mass is 9.80. The highest BCUT2D eigenvalue weighted by Gasteiger charge is 2.36. The monoisotopic (exact) mass is 291 g/mol. The first-order valence-corrected chi connectivity index (χ1v) is 7.15. The molecule has 0 aliphatic heterocycles. The van der Waals surface area contributed by atoms with Crippen LogP contribution in [0.1, 0.15) is 40.2 Å². The van der Waals surface area contributed by atoms with E-state index in [0.29, 0.717) is 5.56 Å². The Morgan fingerprint density at radius 1 is 1.14 bits per heavy atom. The zero-order valence-electron chi connectivity index (χ0n) is 13.4. The molecule has 0 saturated heterocycles. The highest BCUT2D eigenvalue weighted by Crippen LogP contribution is 2.27. The van der Waals surface area contributed by atoms with Gasteiger partial charge in [0.1, 0.15) is 5.41 Å². The van der Waals surface area contributed by atoms with Crippen LogP contribution in [0.25, 0.3) is 0 Å². The van der Waals surface area contributed by atoms with Gasteiger partial charge < -0.3 is 10.4 Å². The van der Waals surface area contributed by atoms with Crippen molar-refractivity contribution >= 4 is 11.9 Å². The topological polar surface area (TPSA) is 66.4 Å². The molecule has 0 heterocycles. The summed E-state index contributed by atoms with van der Waals surface area (Å²) in [6, 6.07) is 8.99. The molecule has 2 unspecified atom stereocenters. The van der Waals surface area contributed by atoms with Crippen LogP contribution in [-0.4, -0.2) is 23.5 Å². The lowest BCUT2D eigenvalue weighted by Gasteiger charge is -2.30. The minimum Gasteiger partial charge on any atom is -0.481 e. The van der Waals surface area contributed by atoms with Gasteiger partial charge in [-0.3, -0.25) is 9.59 Å². The number of benzene rings is 1. The van der Waals surface area contributed by atoms with Crippen molar-refractivity contribution in [2.24, 2.45) is 11.3 Å². The summed E-state index contributed by atoms with van der Waals surface area (Å²) in [6.07, 6.45) is 0. The van der Waals surface area contributed by atoms with E-state index in [2.05, 4.69) is 5.32 Å². The van der Waals surface area contributed by atoms with Gasteiger partial charge in [-0.25, -0.2) is 0 Å². The number of hydrogen-bond acceptors (Lipinski definition) is 2. The molecule has 0 aliphatic carbocycles. The maximum atomic E-state index is 12.2. The summed E-state index contributed by atoms with van der Waals surface area (Å²) in [5, 5.41) is 12.3. The summed E-state index contributed by atoms with van der Waals surface area (Å²) in [5.74, 6) is -1.25. The Morgan fingerprint density at radius 3 is 2.10 bits per heavy atom. The molecule has 1 amide bonds. The van der Waals surface area contributed by atoms with E-state index in [1.54, 1.807) is 31.2 Å². The maximum absolute atomic E-state index is 12.2. The molecule has 0 aromatic heterocycles. The molecular formula is C17H25NO3. The van der Waals surface area contributed by atoms with Crippen molar-refractivity contribution in [2.75, 3.05) is 6.54 Å². The average molecular weight is 291 g/mol. The second kappa shape index (κ2) is 6.29. The van der Waals surface area contributed by atoms with Crippen molar-refractivity contribution in [3.8, 4) is 0 Å². The van der Waals surface area contributed by atoms with E-state index in [1.165, 1.54) is 0 Å². The Morgan fingerprint density at radius 2 is 1.67 bits per heavy atom. The van der Waals surface area contributed by atoms with Gasteiger partial charge in [-0.15, -0.1) is 0 Å². The van der Waals surface area contributed by atoms with Crippen molar-refractivity contribution in [3.05, 3.63) is 35.9 Å². The highest BCUT2D eigenvalue weighted by atomic mass is 16.4. The molecule has 0 radical (unpaired) electrons. The van der Waals surface area contributed by atoms with Gasteiger partial charge >= 0.3 is 5.97 Å². The summed E-state index contributed by atoms with van der Waals surface area (Å²) in [5.41, 5.74) is -0.605. The van der Waals surface area contributed by atoms with E-state index in [-0.39, 0.29) is 23.8 Å². The molecule has 0 bridgehead atoms. The number of carboxylic acids is 1. The lowest BCUT2D eigenvalue weighted by Crippen LogP contribution is -2.47. The summed E-state index contributed by atoms with van der Waals surface area (Å²) >= 11 is 0. The number of nitrogens with one attached hydrogen (secondary N) is 1. The van der Waals surface area contributed by atoms with Crippen LogP contribution in [0.2, 0.25) is 0 Å². The number of carboxylic acid groups (broad SMARTS) is 1. The van der Waals surface area contributed by atoms with Crippen LogP contribution in [0, 0.1) is 11.3 Å². The number of hydrogen-bond donors (Lipinski definition) is 2. The van der Waals surface area contributed by atoms with Crippen molar-refractivity contribution in [1.82, 2.24) is 5.32 Å². The summed E-state index contributed by atoms with van der Waals surface area (Å²) < 4.78 is 0. The average Bonchev–Trinajstić information content (AvgIpc) is 2.43. The Balaban J connectivity index is 2.87. The van der Waals surface area contributed by atoms with E-state index in [4.69, 9.17) is 0 Å². The molecule has 4 heteroatoms. The van der Waals surface area contributed by atoms with E-state index in [9.17, 15) is 14.7 Å². The molecule has 21 heavy (non-hydrogen) atoms. The SMILES string of the molecule is CC(C(=O)NCC(C)(C(=O)O)c1ccccc1)C(C)(C)C. The van der Waals surface area contributed by atoms with E-state index in [0.717, 1.165) is 0 Å². The normalized spacial score (nSPS) is 15.9. The van der Waals surface area contributed by atoms with Gasteiger partial charge in [0.25, 0.3) is 0 Å². The summed E-state index contributed by atoms with van der Waals surface area (Å²) in [4.78, 5) is 23.8. The second-order valence-corrected chi connectivity index (χ2v) is 6.81. The van der Waals surface area contributed by atoms with Gasteiger partial charge in [-0.05, 0) is 17.9 Å². The van der Waals surface area contributed by atoms with Crippen LogP contribution < -0.4 is 5.32 Å². The van der Waals surface area contributed by atoms with Crippen molar-refractivity contribution in [3.63, 3.8) is 0 Å². The van der Waals surface area contributed by atoms with Gasteiger partial charge in [-0.1, -0.05) is 58.0 Å². The van der Waals surface area contributed by atoms with Crippen LogP contribution in [0.5, 0.6) is 0 Å². The molecule has 1 rings (SSSR count). The summed E-state index contributed by atoms with van der Waals surface area (Å²) in [7, 11) is 0. The molecule has 1 aromatic rings. The number of aliphatic carboxylic acids is 1. The van der Waals surface area contributed by atoms with Crippen molar-refractivity contribution < 1.29 is 14.7 Å². The Labute approximate surface area is 126 Å². The standard InChI is InChI=1S/C17H25NO3/c1-12(16(2,3)4)14(19)18-11-17(5,15(20)21)13-9-7-6-8-10-13/h6-10,12H,11H2,1-5H3,(H,18,19)(H,20,21). The van der Waals surface area contributed by atoms with Crippen LogP contribution in [-0.2, 0) is 15.0 Å². The number of carbonyl (C=O) groups is 2. The maximum Gasteiger partial charge on any atom is 0.315 e. The van der Waals surface area contributed by atoms with Crippen LogP contribution in [0.15, 0.2) is 30.3 Å². The van der Waals surface area contributed by atoms with Gasteiger partial charge in [-0.2, -0.15) is 0 Å². The number of rotatable bonds is 5. The van der Waals surface area contributed by atoms with Crippen LogP contribution >= 0.6 is 0 Å². The first-order chi connectivity index (χ1) is 9.59. The Kier molecular flexibility index (Phi) is 5.15. The van der Waals surface area contributed by atoms with Gasteiger partial charge in [0, 0.05) is 12.5 Å². The molecule has 2 atom stereocenters. The highest BCUT2D eigenvalue weighted by molar-refractivity contribution is 5.84. The minimum atomic E-state index is -1.13. The summed E-state index contributed by atoms with van der Waals surface area (Å²) in [6.45, 7) is 9.54. The minimum absolute atomic E-state index is 0.0750. The van der Waals surface area contributed by atoms with Crippen molar-refractivity contribution in [2.45, 2.75) is 40.0 Å². The van der Waals surface area contributed by atoms with Crippen LogP contribution in [0.4, 0.5) is 0 Å². The lowest BCUT2D eigenvalue weighted by molar-refractivity contribution is -0.143. The molecule has 0 saturated carbocycles. The number of amides is 1. The molecule has 0 aliphatic rings. The van der Waals surface area contributed by atoms with Crippen molar-refractivity contribution in [1.29, 1.82) is 0 Å². The zero-order valence-corrected chi connectivity index (χ0v) is 13.4.